The zero-order chi connectivity index (χ0) is 15.3. The number of nitrogens with zero attached hydrogens (tertiary/aromatic N) is 1. The first-order valence-corrected chi connectivity index (χ1v) is 9.04. The van der Waals surface area contributed by atoms with Gasteiger partial charge in [0, 0.05) is 19.0 Å². The molecule has 122 valence electrons. The molecule has 1 aliphatic heterocycles. The molecule has 2 fully saturated rings. The maximum atomic E-state index is 13.1. The van der Waals surface area contributed by atoms with Crippen LogP contribution in [-0.2, 0) is 4.79 Å². The quantitative estimate of drug-likeness (QED) is 0.842. The van der Waals surface area contributed by atoms with Gasteiger partial charge in [-0.05, 0) is 56.5 Å². The van der Waals surface area contributed by atoms with E-state index in [1.54, 1.807) is 0 Å². The summed E-state index contributed by atoms with van der Waals surface area (Å²) in [6.45, 7) is 10.9. The van der Waals surface area contributed by atoms with Crippen molar-refractivity contribution in [2.24, 2.45) is 17.3 Å². The Balaban J connectivity index is 2.00. The summed E-state index contributed by atoms with van der Waals surface area (Å²) in [5, 5.41) is 3.48. The molecule has 1 aliphatic carbocycles. The first-order chi connectivity index (χ1) is 10.0. The molecule has 1 heterocycles. The first-order valence-electron chi connectivity index (χ1n) is 9.04. The van der Waals surface area contributed by atoms with Crippen LogP contribution in [0.15, 0.2) is 0 Å². The van der Waals surface area contributed by atoms with Crippen molar-refractivity contribution < 1.29 is 4.79 Å². The van der Waals surface area contributed by atoms with E-state index in [1.807, 2.05) is 0 Å². The van der Waals surface area contributed by atoms with Crippen molar-refractivity contribution in [3.05, 3.63) is 0 Å². The lowest BCUT2D eigenvalue weighted by Crippen LogP contribution is -2.47. The SMILES string of the molecule is CCCN(CC1CCCNC1)C(=O)C1CCCCC1(C)C. The Morgan fingerprint density at radius 2 is 2.05 bits per heavy atom. The summed E-state index contributed by atoms with van der Waals surface area (Å²) in [5.74, 6) is 1.34. The molecule has 2 rings (SSSR count). The smallest absolute Gasteiger partial charge is 0.226 e. The van der Waals surface area contributed by atoms with E-state index in [-0.39, 0.29) is 11.3 Å². The molecule has 2 aliphatic rings. The molecule has 2 atom stereocenters. The van der Waals surface area contributed by atoms with Gasteiger partial charge in [0.25, 0.3) is 0 Å². The molecule has 3 nitrogen and oxygen atoms in total. The van der Waals surface area contributed by atoms with E-state index in [2.05, 4.69) is 31.0 Å². The fourth-order valence-corrected chi connectivity index (χ4v) is 4.13. The number of carbonyl (C=O) groups excluding carboxylic acids is 1. The first kappa shape index (κ1) is 16.8. The van der Waals surface area contributed by atoms with Crippen molar-refractivity contribution in [2.45, 2.75) is 65.7 Å². The number of rotatable bonds is 5. The van der Waals surface area contributed by atoms with Crippen LogP contribution in [0.25, 0.3) is 0 Å². The van der Waals surface area contributed by atoms with Gasteiger partial charge in [0.15, 0.2) is 0 Å². The summed E-state index contributed by atoms with van der Waals surface area (Å²) >= 11 is 0. The third-order valence-electron chi connectivity index (χ3n) is 5.49. The Labute approximate surface area is 130 Å². The van der Waals surface area contributed by atoms with Crippen LogP contribution in [0.5, 0.6) is 0 Å². The number of hydrogen-bond donors (Lipinski definition) is 1. The molecule has 0 spiro atoms. The lowest BCUT2D eigenvalue weighted by molar-refractivity contribution is -0.142. The monoisotopic (exact) mass is 294 g/mol. The van der Waals surface area contributed by atoms with Crippen molar-refractivity contribution in [2.75, 3.05) is 26.2 Å². The molecule has 1 N–H and O–H groups in total. The van der Waals surface area contributed by atoms with E-state index in [0.29, 0.717) is 11.8 Å². The van der Waals surface area contributed by atoms with Crippen LogP contribution in [0, 0.1) is 17.3 Å². The van der Waals surface area contributed by atoms with Gasteiger partial charge in [0.05, 0.1) is 0 Å². The predicted octanol–water partition coefficient (Wildman–Crippen LogP) is 3.44. The van der Waals surface area contributed by atoms with Gasteiger partial charge < -0.3 is 10.2 Å². The van der Waals surface area contributed by atoms with Gasteiger partial charge in [0.1, 0.15) is 0 Å². The van der Waals surface area contributed by atoms with Crippen LogP contribution in [0.2, 0.25) is 0 Å². The number of carbonyl (C=O) groups is 1. The molecule has 1 saturated heterocycles. The molecule has 3 heteroatoms. The number of amides is 1. The van der Waals surface area contributed by atoms with Crippen molar-refractivity contribution in [1.82, 2.24) is 10.2 Å². The summed E-state index contributed by atoms with van der Waals surface area (Å²) in [7, 11) is 0. The topological polar surface area (TPSA) is 32.3 Å². The summed E-state index contributed by atoms with van der Waals surface area (Å²) < 4.78 is 0. The van der Waals surface area contributed by atoms with Gasteiger partial charge in [0.2, 0.25) is 5.91 Å². The van der Waals surface area contributed by atoms with Crippen molar-refractivity contribution >= 4 is 5.91 Å². The molecule has 2 unspecified atom stereocenters. The zero-order valence-corrected chi connectivity index (χ0v) is 14.3. The van der Waals surface area contributed by atoms with Crippen molar-refractivity contribution in [3.63, 3.8) is 0 Å². The third kappa shape index (κ3) is 4.45. The molecule has 21 heavy (non-hydrogen) atoms. The number of nitrogens with one attached hydrogen (secondary N) is 1. The molecule has 0 aromatic heterocycles. The molecule has 0 radical (unpaired) electrons. The van der Waals surface area contributed by atoms with E-state index in [1.165, 1.54) is 32.1 Å². The summed E-state index contributed by atoms with van der Waals surface area (Å²) in [6.07, 6.45) is 8.41. The van der Waals surface area contributed by atoms with Gasteiger partial charge >= 0.3 is 0 Å². The van der Waals surface area contributed by atoms with Crippen LogP contribution in [0.4, 0.5) is 0 Å². The maximum Gasteiger partial charge on any atom is 0.226 e. The largest absolute Gasteiger partial charge is 0.342 e. The Hall–Kier alpha value is -0.570. The normalized spacial score (nSPS) is 29.1. The molecular formula is C18H34N2O. The second-order valence-electron chi connectivity index (χ2n) is 7.78. The zero-order valence-electron chi connectivity index (χ0n) is 14.3. The highest BCUT2D eigenvalue weighted by atomic mass is 16.2. The minimum absolute atomic E-state index is 0.187. The van der Waals surface area contributed by atoms with Crippen LogP contribution in [-0.4, -0.2) is 37.0 Å². The van der Waals surface area contributed by atoms with Crippen LogP contribution in [0.1, 0.15) is 65.7 Å². The number of hydrogen-bond acceptors (Lipinski definition) is 2. The Bertz CT molecular complexity index is 334. The van der Waals surface area contributed by atoms with Gasteiger partial charge in [-0.2, -0.15) is 0 Å². The second-order valence-corrected chi connectivity index (χ2v) is 7.78. The summed E-state index contributed by atoms with van der Waals surface area (Å²) in [5.41, 5.74) is 0.187. The molecule has 0 aromatic rings. The molecule has 1 amide bonds. The summed E-state index contributed by atoms with van der Waals surface area (Å²) in [4.78, 5) is 15.3. The third-order valence-corrected chi connectivity index (χ3v) is 5.49. The lowest BCUT2D eigenvalue weighted by atomic mass is 9.68. The molecule has 1 saturated carbocycles. The fraction of sp³-hybridized carbons (Fsp3) is 0.944. The van der Waals surface area contributed by atoms with Gasteiger partial charge in [-0.1, -0.05) is 33.6 Å². The van der Waals surface area contributed by atoms with E-state index in [4.69, 9.17) is 0 Å². The average Bonchev–Trinajstić information content (AvgIpc) is 2.47. The Kier molecular flexibility index (Phi) is 6.09. The molecule has 0 bridgehead atoms. The van der Waals surface area contributed by atoms with Crippen molar-refractivity contribution in [3.8, 4) is 0 Å². The van der Waals surface area contributed by atoms with Crippen LogP contribution in [0.3, 0.4) is 0 Å². The van der Waals surface area contributed by atoms with E-state index < -0.39 is 0 Å². The molecular weight excluding hydrogens is 260 g/mol. The second kappa shape index (κ2) is 7.62. The highest BCUT2D eigenvalue weighted by Crippen LogP contribution is 2.41. The highest BCUT2D eigenvalue weighted by Gasteiger charge is 2.39. The maximum absolute atomic E-state index is 13.1. The minimum atomic E-state index is 0.187. The summed E-state index contributed by atoms with van der Waals surface area (Å²) in [6, 6.07) is 0. The lowest BCUT2D eigenvalue weighted by Gasteiger charge is -2.41. The van der Waals surface area contributed by atoms with E-state index in [9.17, 15) is 4.79 Å². The number of piperidine rings is 1. The van der Waals surface area contributed by atoms with Crippen LogP contribution >= 0.6 is 0 Å². The average molecular weight is 294 g/mol. The van der Waals surface area contributed by atoms with Gasteiger partial charge in [-0.3, -0.25) is 4.79 Å². The van der Waals surface area contributed by atoms with Crippen LogP contribution < -0.4 is 5.32 Å². The highest BCUT2D eigenvalue weighted by molar-refractivity contribution is 5.79. The standard InChI is InChI=1S/C18H34N2O/c1-4-12-20(14-15-8-7-11-19-13-15)17(21)16-9-5-6-10-18(16,2)3/h15-16,19H,4-14H2,1-3H3. The molecule has 0 aromatic carbocycles. The minimum Gasteiger partial charge on any atom is -0.342 e. The predicted molar refractivity (Wildman–Crippen MR) is 88.2 cm³/mol. The Morgan fingerprint density at radius 1 is 1.24 bits per heavy atom. The van der Waals surface area contributed by atoms with E-state index in [0.717, 1.165) is 39.0 Å². The van der Waals surface area contributed by atoms with Gasteiger partial charge in [-0.15, -0.1) is 0 Å². The van der Waals surface area contributed by atoms with Gasteiger partial charge in [-0.25, -0.2) is 0 Å². The van der Waals surface area contributed by atoms with Crippen molar-refractivity contribution in [1.29, 1.82) is 0 Å². The Morgan fingerprint density at radius 3 is 2.67 bits per heavy atom. The fourth-order valence-electron chi connectivity index (χ4n) is 4.13. The van der Waals surface area contributed by atoms with E-state index >= 15 is 0 Å².